The van der Waals surface area contributed by atoms with Crippen molar-refractivity contribution in [3.05, 3.63) is 28.2 Å². The van der Waals surface area contributed by atoms with E-state index in [1.54, 1.807) is 0 Å². The first-order valence-electron chi connectivity index (χ1n) is 7.58. The molecule has 1 atom stereocenters. The molecular weight excluding hydrogens is 316 g/mol. The Kier molecular flexibility index (Phi) is 4.07. The fourth-order valence-corrected chi connectivity index (χ4v) is 3.84. The number of hydrogen-bond donors (Lipinski definition) is 1. The topological polar surface area (TPSA) is 38.5 Å². The fraction of sp³-hybridized carbons (Fsp3) is 0.625. The van der Waals surface area contributed by atoms with E-state index in [-0.39, 0.29) is 11.6 Å². The maximum absolute atomic E-state index is 6.40. The van der Waals surface area contributed by atoms with Gasteiger partial charge < -0.3 is 15.4 Å². The minimum Gasteiger partial charge on any atom is -0.487 e. The Morgan fingerprint density at radius 2 is 2.15 bits per heavy atom. The zero-order valence-electron chi connectivity index (χ0n) is 12.1. The van der Waals surface area contributed by atoms with E-state index in [1.165, 1.54) is 13.0 Å². The summed E-state index contributed by atoms with van der Waals surface area (Å²) in [5.74, 6) is 0.974. The summed E-state index contributed by atoms with van der Waals surface area (Å²) in [6.07, 6.45) is 4.35. The Morgan fingerprint density at radius 3 is 2.85 bits per heavy atom. The number of benzene rings is 1. The molecule has 1 aromatic rings. The smallest absolute Gasteiger partial charge is 0.126 e. The van der Waals surface area contributed by atoms with Crippen molar-refractivity contribution in [2.75, 3.05) is 19.6 Å². The van der Waals surface area contributed by atoms with Crippen molar-refractivity contribution in [2.45, 2.75) is 44.2 Å². The van der Waals surface area contributed by atoms with E-state index in [0.29, 0.717) is 0 Å². The van der Waals surface area contributed by atoms with Crippen molar-refractivity contribution in [2.24, 2.45) is 5.73 Å². The van der Waals surface area contributed by atoms with E-state index >= 15 is 0 Å². The average Bonchev–Trinajstić information content (AvgIpc) is 2.41. The van der Waals surface area contributed by atoms with Gasteiger partial charge in [-0.25, -0.2) is 0 Å². The Balaban J connectivity index is 1.77. The number of fused-ring (bicyclic) bond motifs is 1. The molecule has 4 heteroatoms. The third-order valence-electron chi connectivity index (χ3n) is 4.60. The highest BCUT2D eigenvalue weighted by molar-refractivity contribution is 9.10. The molecule has 20 heavy (non-hydrogen) atoms. The van der Waals surface area contributed by atoms with Crippen molar-refractivity contribution < 1.29 is 4.74 Å². The normalized spacial score (nSPS) is 25.2. The molecule has 0 amide bonds. The van der Waals surface area contributed by atoms with Crippen LogP contribution in [0.4, 0.5) is 0 Å². The molecule has 0 bridgehead atoms. The van der Waals surface area contributed by atoms with Crippen LogP contribution in [-0.4, -0.2) is 30.1 Å². The number of likely N-dealkylation sites (tertiary alicyclic amines) is 1. The molecule has 3 nitrogen and oxygen atoms in total. The standard InChI is InChI=1S/C16H23BrN2O/c1-2-7-19-8-5-16(6-9-19)11-14(18)13-4-3-12(17)10-15(13)20-16/h3-4,10,14H,2,5-9,11,18H2,1H3/t14-/m0/s1. The van der Waals surface area contributed by atoms with Crippen LogP contribution in [0.5, 0.6) is 5.75 Å². The molecule has 2 aliphatic heterocycles. The Bertz CT molecular complexity index is 483. The minimum absolute atomic E-state index is 0.0442. The van der Waals surface area contributed by atoms with E-state index in [2.05, 4.69) is 39.9 Å². The van der Waals surface area contributed by atoms with Crippen molar-refractivity contribution in [3.8, 4) is 5.75 Å². The Morgan fingerprint density at radius 1 is 1.40 bits per heavy atom. The molecule has 1 aromatic carbocycles. The monoisotopic (exact) mass is 338 g/mol. The van der Waals surface area contributed by atoms with Crippen molar-refractivity contribution in [3.63, 3.8) is 0 Å². The Hall–Kier alpha value is -0.580. The molecule has 0 radical (unpaired) electrons. The van der Waals surface area contributed by atoms with Gasteiger partial charge in [-0.15, -0.1) is 0 Å². The van der Waals surface area contributed by atoms with Crippen LogP contribution < -0.4 is 10.5 Å². The number of halogens is 1. The second kappa shape index (κ2) is 5.66. The fourth-order valence-electron chi connectivity index (χ4n) is 3.50. The predicted octanol–water partition coefficient (Wildman–Crippen LogP) is 3.48. The second-order valence-electron chi connectivity index (χ2n) is 6.12. The Labute approximate surface area is 129 Å². The van der Waals surface area contributed by atoms with Gasteiger partial charge in [0.1, 0.15) is 11.4 Å². The van der Waals surface area contributed by atoms with E-state index in [9.17, 15) is 0 Å². The van der Waals surface area contributed by atoms with Gasteiger partial charge >= 0.3 is 0 Å². The molecule has 2 heterocycles. The van der Waals surface area contributed by atoms with Gasteiger partial charge in [0.05, 0.1) is 0 Å². The third-order valence-corrected chi connectivity index (χ3v) is 5.09. The van der Waals surface area contributed by atoms with Gasteiger partial charge in [-0.2, -0.15) is 0 Å². The maximum atomic E-state index is 6.40. The summed E-state index contributed by atoms with van der Waals surface area (Å²) in [4.78, 5) is 2.54. The first-order valence-corrected chi connectivity index (χ1v) is 8.37. The molecule has 2 N–H and O–H groups in total. The predicted molar refractivity (Wildman–Crippen MR) is 85.0 cm³/mol. The van der Waals surface area contributed by atoms with Crippen molar-refractivity contribution in [1.29, 1.82) is 0 Å². The zero-order chi connectivity index (χ0) is 14.2. The first kappa shape index (κ1) is 14.4. The molecular formula is C16H23BrN2O. The molecule has 110 valence electrons. The largest absolute Gasteiger partial charge is 0.487 e. The highest BCUT2D eigenvalue weighted by Crippen LogP contribution is 2.44. The lowest BCUT2D eigenvalue weighted by molar-refractivity contribution is -0.0216. The lowest BCUT2D eigenvalue weighted by Gasteiger charge is -2.46. The summed E-state index contributed by atoms with van der Waals surface area (Å²) in [5, 5.41) is 0. The van der Waals surface area contributed by atoms with Crippen molar-refractivity contribution >= 4 is 15.9 Å². The molecule has 0 unspecified atom stereocenters. The van der Waals surface area contributed by atoms with Crippen LogP contribution in [0.1, 0.15) is 44.2 Å². The van der Waals surface area contributed by atoms with Gasteiger partial charge in [0.2, 0.25) is 0 Å². The number of rotatable bonds is 2. The van der Waals surface area contributed by atoms with E-state index in [0.717, 1.165) is 48.1 Å². The maximum Gasteiger partial charge on any atom is 0.126 e. The van der Waals surface area contributed by atoms with Crippen LogP contribution in [0.15, 0.2) is 22.7 Å². The van der Waals surface area contributed by atoms with E-state index in [4.69, 9.17) is 10.5 Å². The number of hydrogen-bond acceptors (Lipinski definition) is 3. The van der Waals surface area contributed by atoms with Gasteiger partial charge in [-0.05, 0) is 37.9 Å². The molecule has 1 spiro atoms. The summed E-state index contributed by atoms with van der Waals surface area (Å²) in [6, 6.07) is 6.30. The molecule has 1 fully saturated rings. The lowest BCUT2D eigenvalue weighted by atomic mass is 9.81. The van der Waals surface area contributed by atoms with Crippen LogP contribution in [0.25, 0.3) is 0 Å². The van der Waals surface area contributed by atoms with E-state index < -0.39 is 0 Å². The van der Waals surface area contributed by atoms with Crippen LogP contribution in [-0.2, 0) is 0 Å². The van der Waals surface area contributed by atoms with Crippen LogP contribution >= 0.6 is 15.9 Å². The van der Waals surface area contributed by atoms with Crippen molar-refractivity contribution in [1.82, 2.24) is 4.90 Å². The zero-order valence-corrected chi connectivity index (χ0v) is 13.7. The van der Waals surface area contributed by atoms with Gasteiger partial charge in [-0.3, -0.25) is 0 Å². The number of nitrogens with two attached hydrogens (primary N) is 1. The number of piperidine rings is 1. The van der Waals surface area contributed by atoms with E-state index in [1.807, 2.05) is 6.07 Å². The minimum atomic E-state index is -0.0442. The second-order valence-corrected chi connectivity index (χ2v) is 7.04. The molecule has 0 aliphatic carbocycles. The van der Waals surface area contributed by atoms with Gasteiger partial charge in [0, 0.05) is 35.6 Å². The molecule has 2 aliphatic rings. The van der Waals surface area contributed by atoms with Crippen LogP contribution in [0, 0.1) is 0 Å². The van der Waals surface area contributed by atoms with Crippen LogP contribution in [0.2, 0.25) is 0 Å². The summed E-state index contributed by atoms with van der Waals surface area (Å²) in [6.45, 7) is 5.70. The molecule has 1 saturated heterocycles. The van der Waals surface area contributed by atoms with Gasteiger partial charge in [0.15, 0.2) is 0 Å². The third kappa shape index (κ3) is 2.74. The lowest BCUT2D eigenvalue weighted by Crippen LogP contribution is -2.51. The van der Waals surface area contributed by atoms with Gasteiger partial charge in [-0.1, -0.05) is 28.9 Å². The molecule has 0 aromatic heterocycles. The average molecular weight is 339 g/mol. The summed E-state index contributed by atoms with van der Waals surface area (Å²) in [7, 11) is 0. The first-order chi connectivity index (χ1) is 9.62. The van der Waals surface area contributed by atoms with Gasteiger partial charge in [0.25, 0.3) is 0 Å². The summed E-state index contributed by atoms with van der Waals surface area (Å²) < 4.78 is 7.46. The number of nitrogens with zero attached hydrogens (tertiary/aromatic N) is 1. The summed E-state index contributed by atoms with van der Waals surface area (Å²) >= 11 is 3.52. The number of ether oxygens (including phenoxy) is 1. The highest BCUT2D eigenvalue weighted by Gasteiger charge is 2.42. The summed E-state index contributed by atoms with van der Waals surface area (Å²) in [5.41, 5.74) is 7.49. The SMILES string of the molecule is CCCN1CCC2(CC1)C[C@H](N)c1ccc(Br)cc1O2. The quantitative estimate of drug-likeness (QED) is 0.897. The van der Waals surface area contributed by atoms with Crippen LogP contribution in [0.3, 0.4) is 0 Å². The molecule has 0 saturated carbocycles. The highest BCUT2D eigenvalue weighted by atomic mass is 79.9. The molecule has 3 rings (SSSR count).